The predicted molar refractivity (Wildman–Crippen MR) is 78.6 cm³/mol. The first-order valence-electron chi connectivity index (χ1n) is 6.95. The Bertz CT molecular complexity index is 611. The molecule has 2 aromatic carbocycles. The molecule has 0 saturated carbocycles. The van der Waals surface area contributed by atoms with Crippen LogP contribution in [0, 0.1) is 5.82 Å². The molecule has 2 aromatic rings. The molecule has 0 heterocycles. The van der Waals surface area contributed by atoms with Gasteiger partial charge in [-0.2, -0.15) is 0 Å². The molecule has 0 aliphatic heterocycles. The maximum Gasteiger partial charge on any atom is 0.127 e. The van der Waals surface area contributed by atoms with Crippen LogP contribution in [0.2, 0.25) is 0 Å². The molecule has 3 rings (SSSR count). The van der Waals surface area contributed by atoms with E-state index in [-0.39, 0.29) is 17.9 Å². The van der Waals surface area contributed by atoms with Gasteiger partial charge >= 0.3 is 0 Å². The van der Waals surface area contributed by atoms with E-state index in [9.17, 15) is 4.39 Å². The van der Waals surface area contributed by atoms with Crippen molar-refractivity contribution in [3.63, 3.8) is 0 Å². The first kappa shape index (κ1) is 13.3. The minimum absolute atomic E-state index is 0.0827. The van der Waals surface area contributed by atoms with Crippen LogP contribution in [0.25, 0.3) is 0 Å². The molecule has 0 saturated heterocycles. The zero-order valence-corrected chi connectivity index (χ0v) is 11.6. The number of rotatable bonds is 3. The molecule has 0 fully saturated rings. The molecule has 0 aromatic heterocycles. The lowest BCUT2D eigenvalue weighted by Gasteiger charge is -2.25. The summed E-state index contributed by atoms with van der Waals surface area (Å²) < 4.78 is 13.8. The van der Waals surface area contributed by atoms with Gasteiger partial charge in [-0.25, -0.2) is 4.39 Å². The predicted octanol–water partition coefficient (Wildman–Crippen LogP) is 3.40. The highest BCUT2D eigenvalue weighted by Crippen LogP contribution is 2.40. The number of hydrogen-bond acceptors (Lipinski definition) is 2. The van der Waals surface area contributed by atoms with Crippen LogP contribution in [0.5, 0.6) is 0 Å². The van der Waals surface area contributed by atoms with Crippen LogP contribution in [0.3, 0.4) is 0 Å². The molecule has 20 heavy (non-hydrogen) atoms. The third-order valence-electron chi connectivity index (χ3n) is 4.14. The van der Waals surface area contributed by atoms with Crippen molar-refractivity contribution in [2.24, 2.45) is 5.73 Å². The molecule has 2 unspecified atom stereocenters. The van der Waals surface area contributed by atoms with Gasteiger partial charge in [0.05, 0.1) is 0 Å². The van der Waals surface area contributed by atoms with E-state index in [1.807, 2.05) is 31.3 Å². The highest BCUT2D eigenvalue weighted by Gasteiger charge is 2.30. The largest absolute Gasteiger partial charge is 0.324 e. The summed E-state index contributed by atoms with van der Waals surface area (Å²) in [6.07, 6.45) is 0.893. The zero-order valence-electron chi connectivity index (χ0n) is 11.6. The Kier molecular flexibility index (Phi) is 3.55. The van der Waals surface area contributed by atoms with Gasteiger partial charge in [-0.05, 0) is 30.7 Å². The van der Waals surface area contributed by atoms with Gasteiger partial charge in [-0.3, -0.25) is 4.90 Å². The number of benzene rings is 2. The minimum Gasteiger partial charge on any atom is -0.324 e. The molecule has 0 bridgehead atoms. The van der Waals surface area contributed by atoms with Crippen LogP contribution in [0.1, 0.15) is 35.2 Å². The number of nitrogens with zero attached hydrogens (tertiary/aromatic N) is 1. The number of hydrogen-bond donors (Lipinski definition) is 1. The molecule has 3 heteroatoms. The van der Waals surface area contributed by atoms with Crippen LogP contribution in [-0.2, 0) is 6.54 Å². The van der Waals surface area contributed by atoms with Gasteiger partial charge in [0.15, 0.2) is 0 Å². The second-order valence-electron chi connectivity index (χ2n) is 5.49. The Labute approximate surface area is 119 Å². The highest BCUT2D eigenvalue weighted by atomic mass is 19.1. The molecular formula is C17H19FN2. The Morgan fingerprint density at radius 3 is 2.50 bits per heavy atom. The lowest BCUT2D eigenvalue weighted by molar-refractivity contribution is 0.226. The molecule has 104 valence electrons. The quantitative estimate of drug-likeness (QED) is 0.926. The van der Waals surface area contributed by atoms with Gasteiger partial charge in [0.25, 0.3) is 0 Å². The number of nitrogens with two attached hydrogens (primary N) is 1. The maximum atomic E-state index is 13.8. The summed E-state index contributed by atoms with van der Waals surface area (Å²) in [6, 6.07) is 15.6. The smallest absolute Gasteiger partial charge is 0.127 e. The van der Waals surface area contributed by atoms with Crippen molar-refractivity contribution >= 4 is 0 Å². The first-order chi connectivity index (χ1) is 9.66. The summed E-state index contributed by atoms with van der Waals surface area (Å²) in [7, 11) is 2.03. The number of fused-ring (bicyclic) bond motifs is 1. The molecule has 0 radical (unpaired) electrons. The van der Waals surface area contributed by atoms with E-state index in [0.29, 0.717) is 6.54 Å². The summed E-state index contributed by atoms with van der Waals surface area (Å²) >= 11 is 0. The fourth-order valence-electron chi connectivity index (χ4n) is 3.07. The standard InChI is InChI=1S/C17H19FN2/c1-20(11-12-6-2-5-9-15(12)18)17-10-16(19)13-7-3-4-8-14(13)17/h2-9,16-17H,10-11,19H2,1H3. The molecule has 1 aliphatic rings. The second kappa shape index (κ2) is 5.35. The molecule has 0 amide bonds. The Balaban J connectivity index is 1.83. The minimum atomic E-state index is -0.144. The Morgan fingerprint density at radius 2 is 1.75 bits per heavy atom. The molecule has 1 aliphatic carbocycles. The van der Waals surface area contributed by atoms with Crippen molar-refractivity contribution in [2.45, 2.75) is 25.0 Å². The summed E-state index contributed by atoms with van der Waals surface area (Å²) in [5.41, 5.74) is 9.42. The lowest BCUT2D eigenvalue weighted by atomic mass is 10.1. The summed E-state index contributed by atoms with van der Waals surface area (Å²) in [4.78, 5) is 2.18. The van der Waals surface area contributed by atoms with E-state index >= 15 is 0 Å². The van der Waals surface area contributed by atoms with E-state index in [1.54, 1.807) is 6.07 Å². The van der Waals surface area contributed by atoms with E-state index in [0.717, 1.165) is 12.0 Å². The SMILES string of the molecule is CN(Cc1ccccc1F)C1CC(N)c2ccccc21. The van der Waals surface area contributed by atoms with Crippen LogP contribution in [0.4, 0.5) is 4.39 Å². The highest BCUT2D eigenvalue weighted by molar-refractivity contribution is 5.37. The maximum absolute atomic E-state index is 13.8. The average molecular weight is 270 g/mol. The normalized spacial score (nSPS) is 21.2. The van der Waals surface area contributed by atoms with Crippen LogP contribution in [0.15, 0.2) is 48.5 Å². The van der Waals surface area contributed by atoms with Gasteiger partial charge in [-0.1, -0.05) is 42.5 Å². The van der Waals surface area contributed by atoms with Crippen LogP contribution >= 0.6 is 0 Å². The van der Waals surface area contributed by atoms with Gasteiger partial charge < -0.3 is 5.73 Å². The third-order valence-corrected chi connectivity index (χ3v) is 4.14. The topological polar surface area (TPSA) is 29.3 Å². The van der Waals surface area contributed by atoms with Gasteiger partial charge in [0, 0.05) is 24.2 Å². The van der Waals surface area contributed by atoms with Gasteiger partial charge in [-0.15, -0.1) is 0 Å². The van der Waals surface area contributed by atoms with Crippen molar-refractivity contribution in [1.82, 2.24) is 4.90 Å². The van der Waals surface area contributed by atoms with Crippen LogP contribution in [-0.4, -0.2) is 11.9 Å². The van der Waals surface area contributed by atoms with E-state index in [2.05, 4.69) is 17.0 Å². The number of halogens is 1. The molecule has 2 N–H and O–H groups in total. The van der Waals surface area contributed by atoms with E-state index in [1.165, 1.54) is 17.2 Å². The monoisotopic (exact) mass is 270 g/mol. The first-order valence-corrected chi connectivity index (χ1v) is 6.95. The fourth-order valence-corrected chi connectivity index (χ4v) is 3.07. The van der Waals surface area contributed by atoms with E-state index < -0.39 is 0 Å². The van der Waals surface area contributed by atoms with Crippen molar-refractivity contribution < 1.29 is 4.39 Å². The zero-order chi connectivity index (χ0) is 14.1. The summed E-state index contributed by atoms with van der Waals surface area (Å²) in [6.45, 7) is 0.596. The van der Waals surface area contributed by atoms with Crippen molar-refractivity contribution in [3.05, 3.63) is 71.0 Å². The summed E-state index contributed by atoms with van der Waals surface area (Å²) in [5.74, 6) is -0.144. The molecule has 2 atom stereocenters. The summed E-state index contributed by atoms with van der Waals surface area (Å²) in [5, 5.41) is 0. The third kappa shape index (κ3) is 2.35. The fraction of sp³-hybridized carbons (Fsp3) is 0.294. The van der Waals surface area contributed by atoms with Crippen molar-refractivity contribution in [2.75, 3.05) is 7.05 Å². The molecule has 2 nitrogen and oxygen atoms in total. The van der Waals surface area contributed by atoms with Crippen molar-refractivity contribution in [3.8, 4) is 0 Å². The van der Waals surface area contributed by atoms with E-state index in [4.69, 9.17) is 5.73 Å². The van der Waals surface area contributed by atoms with Gasteiger partial charge in [0.2, 0.25) is 0 Å². The molecular weight excluding hydrogens is 251 g/mol. The Hall–Kier alpha value is -1.71. The Morgan fingerprint density at radius 1 is 1.10 bits per heavy atom. The van der Waals surface area contributed by atoms with Crippen molar-refractivity contribution in [1.29, 1.82) is 0 Å². The average Bonchev–Trinajstić information content (AvgIpc) is 2.79. The molecule has 0 spiro atoms. The second-order valence-corrected chi connectivity index (χ2v) is 5.49. The van der Waals surface area contributed by atoms with Gasteiger partial charge in [0.1, 0.15) is 5.82 Å². The lowest BCUT2D eigenvalue weighted by Crippen LogP contribution is -2.23. The van der Waals surface area contributed by atoms with Crippen LogP contribution < -0.4 is 5.73 Å².